The van der Waals surface area contributed by atoms with Crippen molar-refractivity contribution in [2.45, 2.75) is 48.3 Å². The molecule has 1 spiro atoms. The van der Waals surface area contributed by atoms with Crippen LogP contribution in [-0.4, -0.2) is 79.8 Å². The van der Waals surface area contributed by atoms with Gasteiger partial charge in [0.25, 0.3) is 0 Å². The van der Waals surface area contributed by atoms with Gasteiger partial charge in [0.15, 0.2) is 18.3 Å². The summed E-state index contributed by atoms with van der Waals surface area (Å²) in [7, 11) is 0. The molecule has 112 valence electrons. The molecule has 4 heterocycles. The number of guanidine groups is 1. The smallest absolute Gasteiger partial charge is 0.311 e. The van der Waals surface area contributed by atoms with Crippen molar-refractivity contribution < 1.29 is 35.0 Å². The van der Waals surface area contributed by atoms with Crippen molar-refractivity contribution in [3.05, 3.63) is 0 Å². The van der Waals surface area contributed by atoms with E-state index >= 15 is 0 Å². The first-order valence-corrected chi connectivity index (χ1v) is 6.23. The number of aliphatic hydroxyl groups excluding tert-OH is 4. The third kappa shape index (κ3) is 1.13. The first kappa shape index (κ1) is 12.7. The Bertz CT molecular complexity index is 503. The maximum Gasteiger partial charge on any atom is 0.311 e. The molecular formula is C10H15N3O7. The fraction of sp³-hybridized carbons (Fsp3) is 0.900. The third-order valence-electron chi connectivity index (χ3n) is 4.72. The van der Waals surface area contributed by atoms with Crippen LogP contribution in [0.4, 0.5) is 0 Å². The Morgan fingerprint density at radius 3 is 2.50 bits per heavy atom. The third-order valence-corrected chi connectivity index (χ3v) is 4.72. The van der Waals surface area contributed by atoms with Crippen molar-refractivity contribution in [2.75, 3.05) is 0 Å². The topological polar surface area (TPSA) is 170 Å². The summed E-state index contributed by atoms with van der Waals surface area (Å²) >= 11 is 0. The minimum atomic E-state index is -2.38. The molecule has 2 unspecified atom stereocenters. The molecule has 20 heavy (non-hydrogen) atoms. The summed E-state index contributed by atoms with van der Waals surface area (Å²) in [5.74, 6) is -3.56. The molecule has 3 saturated heterocycles. The van der Waals surface area contributed by atoms with Crippen molar-refractivity contribution in [3.63, 3.8) is 0 Å². The van der Waals surface area contributed by atoms with Crippen LogP contribution in [0.25, 0.3) is 0 Å². The SMILES string of the molecule is NC1=N[C@H](O)[C@H]2[C@H]3OC4(O)OC([C@@H](O)[C@@]2(N1)[C@@H]4O)[C@@H]3O. The molecule has 8 N–H and O–H groups in total. The van der Waals surface area contributed by atoms with Crippen molar-refractivity contribution in [1.82, 2.24) is 5.32 Å². The van der Waals surface area contributed by atoms with Crippen LogP contribution in [0.3, 0.4) is 0 Å². The Kier molecular flexibility index (Phi) is 2.17. The Labute approximate surface area is 112 Å². The molecule has 5 rings (SSSR count). The first-order valence-electron chi connectivity index (χ1n) is 6.23. The molecule has 5 aliphatic rings. The molecule has 0 amide bonds. The van der Waals surface area contributed by atoms with E-state index in [1.165, 1.54) is 0 Å². The van der Waals surface area contributed by atoms with Gasteiger partial charge in [-0.1, -0.05) is 0 Å². The van der Waals surface area contributed by atoms with E-state index in [-0.39, 0.29) is 5.96 Å². The number of rotatable bonds is 0. The van der Waals surface area contributed by atoms with E-state index in [0.717, 1.165) is 0 Å². The number of ether oxygens (including phenoxy) is 2. The quantitative estimate of drug-likeness (QED) is 0.231. The van der Waals surface area contributed by atoms with Crippen molar-refractivity contribution in [2.24, 2.45) is 16.6 Å². The van der Waals surface area contributed by atoms with Gasteiger partial charge < -0.3 is 46.1 Å². The predicted octanol–water partition coefficient (Wildman–Crippen LogP) is -4.88. The Morgan fingerprint density at radius 2 is 1.80 bits per heavy atom. The van der Waals surface area contributed by atoms with Crippen LogP contribution in [0.5, 0.6) is 0 Å². The molecule has 9 atom stereocenters. The Hall–Kier alpha value is -1.01. The summed E-state index contributed by atoms with van der Waals surface area (Å²) in [5, 5.41) is 53.7. The van der Waals surface area contributed by atoms with Crippen molar-refractivity contribution >= 4 is 5.96 Å². The lowest BCUT2D eigenvalue weighted by Crippen LogP contribution is -2.92. The van der Waals surface area contributed by atoms with Crippen LogP contribution >= 0.6 is 0 Å². The van der Waals surface area contributed by atoms with Gasteiger partial charge in [-0.3, -0.25) is 0 Å². The zero-order valence-electron chi connectivity index (χ0n) is 10.1. The van der Waals surface area contributed by atoms with Gasteiger partial charge in [0, 0.05) is 0 Å². The summed E-state index contributed by atoms with van der Waals surface area (Å²) in [6.07, 6.45) is -8.06. The van der Waals surface area contributed by atoms with Crippen LogP contribution in [0.15, 0.2) is 4.99 Å². The number of aliphatic hydroxyl groups is 5. The van der Waals surface area contributed by atoms with Crippen LogP contribution in [-0.2, 0) is 9.47 Å². The lowest BCUT2D eigenvalue weighted by atomic mass is 9.59. The fourth-order valence-corrected chi connectivity index (χ4v) is 3.92. The average molecular weight is 289 g/mol. The zero-order valence-corrected chi connectivity index (χ0v) is 10.1. The van der Waals surface area contributed by atoms with Crippen molar-refractivity contribution in [3.8, 4) is 0 Å². The van der Waals surface area contributed by atoms with Crippen LogP contribution < -0.4 is 11.1 Å². The van der Waals surface area contributed by atoms with Gasteiger partial charge in [-0.15, -0.1) is 0 Å². The molecule has 4 fully saturated rings. The van der Waals surface area contributed by atoms with Gasteiger partial charge in [0.1, 0.15) is 30.0 Å². The molecule has 0 aromatic heterocycles. The van der Waals surface area contributed by atoms with E-state index in [2.05, 4.69) is 10.3 Å². The maximum absolute atomic E-state index is 10.4. The molecular weight excluding hydrogens is 274 g/mol. The second kappa shape index (κ2) is 3.42. The molecule has 0 aromatic carbocycles. The van der Waals surface area contributed by atoms with Crippen molar-refractivity contribution in [1.29, 1.82) is 0 Å². The van der Waals surface area contributed by atoms with Gasteiger partial charge >= 0.3 is 5.97 Å². The largest absolute Gasteiger partial charge is 0.388 e. The number of hydrogen-bond acceptors (Lipinski definition) is 10. The standard InChI is InChI=1S/C10H15N3O7/c11-8-12-6(16)1-3-2(14)4-5(15)9(1,13-8)7(17)10(18,19-3)20-4/h1-7,14-18H,(H3,11,12,13)/t1-,2-,3-,4?,5-,6-,7+,9-,10?/m1/s1. The number of nitrogens with two attached hydrogens (primary N) is 1. The summed E-state index contributed by atoms with van der Waals surface area (Å²) < 4.78 is 10.2. The molecule has 1 saturated carbocycles. The first-order chi connectivity index (χ1) is 9.31. The van der Waals surface area contributed by atoms with E-state index in [9.17, 15) is 25.5 Å². The summed E-state index contributed by atoms with van der Waals surface area (Å²) in [4.78, 5) is 3.71. The number of nitrogens with zero attached hydrogens (tertiary/aromatic N) is 1. The molecule has 4 bridgehead atoms. The highest BCUT2D eigenvalue weighted by Gasteiger charge is 2.79. The lowest BCUT2D eigenvalue weighted by Gasteiger charge is -2.68. The predicted molar refractivity (Wildman–Crippen MR) is 59.7 cm³/mol. The molecule has 1 aliphatic carbocycles. The number of nitrogens with one attached hydrogen (secondary N) is 1. The van der Waals surface area contributed by atoms with E-state index in [4.69, 9.17) is 15.2 Å². The highest BCUT2D eigenvalue weighted by molar-refractivity contribution is 5.80. The van der Waals surface area contributed by atoms with E-state index in [0.29, 0.717) is 0 Å². The average Bonchev–Trinajstić information content (AvgIpc) is 2.36. The number of aliphatic imine (C=N–C) groups is 1. The van der Waals surface area contributed by atoms with Gasteiger partial charge in [-0.05, 0) is 0 Å². The summed E-state index contributed by atoms with van der Waals surface area (Å²) in [6.45, 7) is 0. The summed E-state index contributed by atoms with van der Waals surface area (Å²) in [5.41, 5.74) is 3.95. The van der Waals surface area contributed by atoms with Crippen LogP contribution in [0, 0.1) is 5.92 Å². The lowest BCUT2D eigenvalue weighted by molar-refractivity contribution is -0.532. The minimum absolute atomic E-state index is 0.188. The molecule has 0 radical (unpaired) electrons. The van der Waals surface area contributed by atoms with Gasteiger partial charge in [0.05, 0.1) is 5.92 Å². The van der Waals surface area contributed by atoms with Gasteiger partial charge in [0.2, 0.25) is 0 Å². The second-order valence-corrected chi connectivity index (χ2v) is 5.65. The van der Waals surface area contributed by atoms with Crippen LogP contribution in [0.2, 0.25) is 0 Å². The number of hydrogen-bond donors (Lipinski definition) is 7. The highest BCUT2D eigenvalue weighted by Crippen LogP contribution is 2.55. The zero-order chi connectivity index (χ0) is 14.4. The Morgan fingerprint density at radius 1 is 1.15 bits per heavy atom. The molecule has 10 heteroatoms. The van der Waals surface area contributed by atoms with Gasteiger partial charge in [-0.25, -0.2) is 4.99 Å². The van der Waals surface area contributed by atoms with Gasteiger partial charge in [-0.2, -0.15) is 0 Å². The van der Waals surface area contributed by atoms with E-state index in [1.807, 2.05) is 0 Å². The Balaban J connectivity index is 1.92. The minimum Gasteiger partial charge on any atom is -0.388 e. The monoisotopic (exact) mass is 289 g/mol. The van der Waals surface area contributed by atoms with E-state index in [1.54, 1.807) is 0 Å². The molecule has 10 nitrogen and oxygen atoms in total. The summed E-state index contributed by atoms with van der Waals surface area (Å²) in [6, 6.07) is 0. The second-order valence-electron chi connectivity index (χ2n) is 5.65. The maximum atomic E-state index is 10.4. The van der Waals surface area contributed by atoms with Crippen LogP contribution in [0.1, 0.15) is 0 Å². The van der Waals surface area contributed by atoms with E-state index < -0.39 is 54.2 Å². The normalized spacial score (nSPS) is 63.6. The molecule has 0 aromatic rings. The highest BCUT2D eigenvalue weighted by atomic mass is 16.9. The fourth-order valence-electron chi connectivity index (χ4n) is 3.92. The molecule has 4 aliphatic heterocycles.